The molecule has 4 heterocycles. The highest BCUT2D eigenvalue weighted by Crippen LogP contribution is 2.33. The second-order valence-corrected chi connectivity index (χ2v) is 10.4. The molecule has 1 aromatic heterocycles. The Morgan fingerprint density at radius 3 is 2.79 bits per heavy atom. The van der Waals surface area contributed by atoms with Crippen LogP contribution in [0, 0.1) is 17.1 Å². The highest BCUT2D eigenvalue weighted by molar-refractivity contribution is 5.96. The van der Waals surface area contributed by atoms with E-state index >= 15 is 0 Å². The molecular weight excluding hydrogens is 487 g/mol. The van der Waals surface area contributed by atoms with E-state index in [-0.39, 0.29) is 23.5 Å². The fourth-order valence-corrected chi connectivity index (χ4v) is 5.46. The van der Waals surface area contributed by atoms with E-state index in [4.69, 9.17) is 9.47 Å². The Bertz CT molecular complexity index is 1190. The molecule has 2 fully saturated rings. The molecule has 38 heavy (non-hydrogen) atoms. The van der Waals surface area contributed by atoms with Gasteiger partial charge in [0.25, 0.3) is 0 Å². The summed E-state index contributed by atoms with van der Waals surface area (Å²) in [7, 11) is 0. The van der Waals surface area contributed by atoms with E-state index in [2.05, 4.69) is 40.0 Å². The first-order valence-electron chi connectivity index (χ1n) is 13.3. The summed E-state index contributed by atoms with van der Waals surface area (Å²) in [4.78, 5) is 24.7. The molecule has 202 valence electrons. The fraction of sp³-hybridized carbons (Fsp3) is 0.536. The van der Waals surface area contributed by atoms with Gasteiger partial charge in [-0.15, -0.1) is 0 Å². The van der Waals surface area contributed by atoms with Crippen molar-refractivity contribution in [3.05, 3.63) is 53.0 Å². The van der Waals surface area contributed by atoms with Gasteiger partial charge in [0, 0.05) is 50.7 Å². The van der Waals surface area contributed by atoms with Crippen LogP contribution in [0.15, 0.2) is 30.3 Å². The number of rotatable bonds is 6. The van der Waals surface area contributed by atoms with Gasteiger partial charge in [0.15, 0.2) is 0 Å². The molecule has 9 nitrogen and oxygen atoms in total. The fourth-order valence-electron chi connectivity index (χ4n) is 5.46. The molecule has 0 bridgehead atoms. The molecule has 0 radical (unpaired) electrons. The van der Waals surface area contributed by atoms with Crippen molar-refractivity contribution in [2.45, 2.75) is 38.4 Å². The summed E-state index contributed by atoms with van der Waals surface area (Å²) in [6, 6.07) is 11.0. The Labute approximate surface area is 223 Å². The summed E-state index contributed by atoms with van der Waals surface area (Å²) in [5.74, 6) is -0.0223. The van der Waals surface area contributed by atoms with Gasteiger partial charge in [-0.1, -0.05) is 12.1 Å². The lowest BCUT2D eigenvalue weighted by Gasteiger charge is -2.44. The minimum absolute atomic E-state index is 0.0112. The molecule has 3 atom stereocenters. The summed E-state index contributed by atoms with van der Waals surface area (Å²) in [5, 5.41) is 13.3. The number of fused-ring (bicyclic) bond motifs is 1. The van der Waals surface area contributed by atoms with E-state index in [9.17, 15) is 14.4 Å². The maximum absolute atomic E-state index is 13.7. The molecule has 2 saturated heterocycles. The van der Waals surface area contributed by atoms with Gasteiger partial charge in [-0.05, 0) is 43.2 Å². The number of benzene rings is 1. The molecular formula is C28H35FN6O3. The number of hydrogen-bond donors (Lipinski definition) is 1. The van der Waals surface area contributed by atoms with Crippen molar-refractivity contribution in [1.29, 1.82) is 5.26 Å². The third kappa shape index (κ3) is 5.97. The number of nitrogens with zero attached hydrogens (tertiary/aromatic N) is 5. The number of ether oxygens (including phenoxy) is 2. The third-order valence-electron chi connectivity index (χ3n) is 7.62. The summed E-state index contributed by atoms with van der Waals surface area (Å²) in [5.41, 5.74) is 2.36. The molecule has 5 rings (SSSR count). The number of aromatic nitrogens is 1. The Morgan fingerprint density at radius 1 is 1.21 bits per heavy atom. The van der Waals surface area contributed by atoms with Crippen LogP contribution in [0.2, 0.25) is 0 Å². The van der Waals surface area contributed by atoms with Crippen molar-refractivity contribution >= 4 is 11.6 Å². The molecule has 2 aromatic rings. The Balaban J connectivity index is 1.35. The van der Waals surface area contributed by atoms with Gasteiger partial charge >= 0.3 is 0 Å². The molecule has 0 saturated carbocycles. The molecule has 3 aliphatic rings. The number of pyridine rings is 1. The average Bonchev–Trinajstić information content (AvgIpc) is 2.92. The molecule has 1 amide bonds. The van der Waals surface area contributed by atoms with Crippen LogP contribution in [0.25, 0.3) is 0 Å². The van der Waals surface area contributed by atoms with Crippen molar-refractivity contribution in [3.63, 3.8) is 0 Å². The standard InChI is InChI=1S/C28H35FN6O3/c1-19-15-34(24(14-31-19)16-33-7-9-37-18-20(33)2)17-27(36)35-8-10-38-28-26(35)12-22(25(13-30)32-28)11-21-3-5-23(29)6-4-21/h3-6,12,19-20,24,31H,7-11,14-18H2,1-2H3/t19-,20-,24-/m1/s1. The smallest absolute Gasteiger partial charge is 0.241 e. The van der Waals surface area contributed by atoms with Crippen molar-refractivity contribution in [2.75, 3.05) is 64.0 Å². The summed E-state index contributed by atoms with van der Waals surface area (Å²) in [6.07, 6.45) is 0.403. The van der Waals surface area contributed by atoms with Gasteiger partial charge in [-0.25, -0.2) is 9.37 Å². The zero-order chi connectivity index (χ0) is 26.6. The number of amides is 1. The van der Waals surface area contributed by atoms with Crippen molar-refractivity contribution in [2.24, 2.45) is 0 Å². The van der Waals surface area contributed by atoms with E-state index in [0.29, 0.717) is 55.3 Å². The van der Waals surface area contributed by atoms with Crippen molar-refractivity contribution in [1.82, 2.24) is 20.1 Å². The molecule has 1 aromatic carbocycles. The number of nitriles is 1. The van der Waals surface area contributed by atoms with Gasteiger partial charge in [0.2, 0.25) is 11.8 Å². The lowest BCUT2D eigenvalue weighted by atomic mass is 10.0. The minimum Gasteiger partial charge on any atom is -0.474 e. The molecule has 10 heteroatoms. The normalized spacial score (nSPS) is 24.4. The zero-order valence-electron chi connectivity index (χ0n) is 22.0. The molecule has 0 unspecified atom stereocenters. The summed E-state index contributed by atoms with van der Waals surface area (Å²) >= 11 is 0. The predicted molar refractivity (Wildman–Crippen MR) is 141 cm³/mol. The van der Waals surface area contributed by atoms with E-state index in [0.717, 1.165) is 45.0 Å². The number of hydrogen-bond acceptors (Lipinski definition) is 8. The molecule has 3 aliphatic heterocycles. The van der Waals surface area contributed by atoms with E-state index in [1.54, 1.807) is 17.0 Å². The van der Waals surface area contributed by atoms with Crippen LogP contribution in [0.3, 0.4) is 0 Å². The van der Waals surface area contributed by atoms with Gasteiger partial charge in [-0.3, -0.25) is 14.6 Å². The van der Waals surface area contributed by atoms with Gasteiger partial charge in [-0.2, -0.15) is 5.26 Å². The maximum Gasteiger partial charge on any atom is 0.241 e. The number of morpholine rings is 1. The number of nitrogens with one attached hydrogen (secondary N) is 1. The topological polar surface area (TPSA) is 94.0 Å². The van der Waals surface area contributed by atoms with Gasteiger partial charge < -0.3 is 19.7 Å². The van der Waals surface area contributed by atoms with Crippen LogP contribution in [-0.4, -0.2) is 97.9 Å². The van der Waals surface area contributed by atoms with Crippen LogP contribution >= 0.6 is 0 Å². The SMILES string of the molecule is C[C@@H]1CN(CC(=O)N2CCOc3nc(C#N)c(Cc4ccc(F)cc4)cc32)[C@@H](CN2CCOC[C@H]2C)CN1. The van der Waals surface area contributed by atoms with E-state index in [1.807, 2.05) is 6.07 Å². The molecule has 0 aliphatic carbocycles. The highest BCUT2D eigenvalue weighted by atomic mass is 19.1. The third-order valence-corrected chi connectivity index (χ3v) is 7.62. The Morgan fingerprint density at radius 2 is 2.03 bits per heavy atom. The van der Waals surface area contributed by atoms with Crippen LogP contribution in [-0.2, 0) is 16.0 Å². The summed E-state index contributed by atoms with van der Waals surface area (Å²) in [6.45, 7) is 10.2. The first-order chi connectivity index (χ1) is 18.4. The van der Waals surface area contributed by atoms with Crippen LogP contribution < -0.4 is 15.0 Å². The number of halogens is 1. The van der Waals surface area contributed by atoms with Crippen LogP contribution in [0.5, 0.6) is 5.88 Å². The lowest BCUT2D eigenvalue weighted by molar-refractivity contribution is -0.121. The number of piperazine rings is 1. The van der Waals surface area contributed by atoms with Gasteiger partial charge in [0.1, 0.15) is 29.9 Å². The number of anilines is 1. The molecule has 1 N–H and O–H groups in total. The Kier molecular flexibility index (Phi) is 8.19. The largest absolute Gasteiger partial charge is 0.474 e. The van der Waals surface area contributed by atoms with Crippen LogP contribution in [0.1, 0.15) is 30.7 Å². The highest BCUT2D eigenvalue weighted by Gasteiger charge is 2.34. The second-order valence-electron chi connectivity index (χ2n) is 10.4. The first kappa shape index (κ1) is 26.5. The quantitative estimate of drug-likeness (QED) is 0.614. The lowest BCUT2D eigenvalue weighted by Crippen LogP contribution is -2.62. The first-order valence-corrected chi connectivity index (χ1v) is 13.3. The summed E-state index contributed by atoms with van der Waals surface area (Å²) < 4.78 is 24.8. The van der Waals surface area contributed by atoms with Gasteiger partial charge in [0.05, 0.1) is 26.3 Å². The Hall–Kier alpha value is -3.10. The molecule has 0 spiro atoms. The van der Waals surface area contributed by atoms with Crippen molar-refractivity contribution in [3.8, 4) is 11.9 Å². The number of carbonyl (C=O) groups is 1. The van der Waals surface area contributed by atoms with E-state index < -0.39 is 0 Å². The second kappa shape index (κ2) is 11.7. The van der Waals surface area contributed by atoms with Crippen LogP contribution in [0.4, 0.5) is 10.1 Å². The monoisotopic (exact) mass is 522 g/mol. The minimum atomic E-state index is -0.313. The van der Waals surface area contributed by atoms with Crippen molar-refractivity contribution < 1.29 is 18.7 Å². The number of carbonyl (C=O) groups excluding carboxylic acids is 1. The zero-order valence-corrected chi connectivity index (χ0v) is 22.0. The maximum atomic E-state index is 13.7. The average molecular weight is 523 g/mol. The van der Waals surface area contributed by atoms with E-state index in [1.165, 1.54) is 12.1 Å². The predicted octanol–water partition coefficient (Wildman–Crippen LogP) is 1.79.